The van der Waals surface area contributed by atoms with Gasteiger partial charge in [-0.15, -0.1) is 0 Å². The Kier molecular flexibility index (Phi) is 7.90. The van der Waals surface area contributed by atoms with Crippen LogP contribution in [0.2, 0.25) is 0 Å². The van der Waals surface area contributed by atoms with E-state index in [-0.39, 0.29) is 41.9 Å². The second-order valence-corrected chi connectivity index (χ2v) is 12.0. The molecule has 2 aliphatic carbocycles. The molecule has 0 radical (unpaired) electrons. The quantitative estimate of drug-likeness (QED) is 0.301. The van der Waals surface area contributed by atoms with E-state index in [1.54, 1.807) is 29.8 Å². The molecule has 0 spiro atoms. The van der Waals surface area contributed by atoms with Crippen molar-refractivity contribution in [1.29, 1.82) is 0 Å². The lowest BCUT2D eigenvalue weighted by atomic mass is 9.76. The van der Waals surface area contributed by atoms with Crippen LogP contribution in [-0.2, 0) is 39.5 Å². The van der Waals surface area contributed by atoms with Crippen molar-refractivity contribution in [1.82, 2.24) is 19.6 Å². The van der Waals surface area contributed by atoms with E-state index in [2.05, 4.69) is 15.0 Å². The Morgan fingerprint density at radius 3 is 2.70 bits per heavy atom. The van der Waals surface area contributed by atoms with Gasteiger partial charge in [0.2, 0.25) is 5.91 Å². The van der Waals surface area contributed by atoms with Crippen LogP contribution in [0.25, 0.3) is 0 Å². The molecule has 1 amide bonds. The average Bonchev–Trinajstić information content (AvgIpc) is 3.62. The number of hydrogen-bond donors (Lipinski definition) is 3. The van der Waals surface area contributed by atoms with Crippen LogP contribution in [0.15, 0.2) is 60.0 Å². The van der Waals surface area contributed by atoms with Crippen LogP contribution in [-0.4, -0.2) is 54.1 Å². The van der Waals surface area contributed by atoms with Gasteiger partial charge in [-0.3, -0.25) is 9.59 Å². The van der Waals surface area contributed by atoms with Crippen molar-refractivity contribution >= 4 is 21.9 Å². The number of aromatic nitrogens is 2. The zero-order valence-corrected chi connectivity index (χ0v) is 22.7. The fraction of sp³-hybridized carbons (Fsp3) is 0.393. The highest BCUT2D eigenvalue weighted by Gasteiger charge is 2.49. The maximum absolute atomic E-state index is 14.7. The number of carboxylic acid groups (broad SMARTS) is 1. The van der Waals surface area contributed by atoms with Gasteiger partial charge in [0, 0.05) is 31.7 Å². The Morgan fingerprint density at radius 2 is 2.00 bits per heavy atom. The van der Waals surface area contributed by atoms with Crippen LogP contribution >= 0.6 is 0 Å². The molecule has 3 N–H and O–H groups in total. The maximum Gasteiger partial charge on any atom is 0.307 e. The van der Waals surface area contributed by atoms with Crippen LogP contribution in [0.5, 0.6) is 5.75 Å². The van der Waals surface area contributed by atoms with Gasteiger partial charge in [-0.1, -0.05) is 24.3 Å². The molecule has 212 valence electrons. The van der Waals surface area contributed by atoms with E-state index in [4.69, 9.17) is 4.74 Å². The number of imidazole rings is 1. The summed E-state index contributed by atoms with van der Waals surface area (Å²) in [6, 6.07) is 11.8. The first kappa shape index (κ1) is 27.8. The van der Waals surface area contributed by atoms with Gasteiger partial charge in [-0.2, -0.15) is 0 Å². The van der Waals surface area contributed by atoms with Crippen molar-refractivity contribution in [3.8, 4) is 5.75 Å². The standard InChI is InChI=1S/C28H31FN4O6S/c1-33-15-26(30-16-33)40(37,38)31-10-11-39-19-8-6-17-7-9-25(32-27(34)22-14-23(22)28(35)36)21(20(17)13-19)12-18-4-2-3-5-24(18)29/h2-6,8,13,15-16,21-23,25,31H,7,9-12,14H2,1H3,(H,32,34)(H,35,36). The van der Waals surface area contributed by atoms with Gasteiger partial charge in [-0.25, -0.2) is 22.5 Å². The van der Waals surface area contributed by atoms with Crippen LogP contribution in [0.4, 0.5) is 4.39 Å². The molecule has 1 saturated carbocycles. The summed E-state index contributed by atoms with van der Waals surface area (Å²) in [7, 11) is -2.08. The smallest absolute Gasteiger partial charge is 0.307 e. The first-order chi connectivity index (χ1) is 19.1. The van der Waals surface area contributed by atoms with Gasteiger partial charge in [0.25, 0.3) is 10.0 Å². The average molecular weight is 571 g/mol. The number of ether oxygens (including phenoxy) is 1. The number of halogens is 1. The Bertz CT molecular complexity index is 1520. The van der Waals surface area contributed by atoms with Gasteiger partial charge in [-0.05, 0) is 60.6 Å². The molecule has 0 aliphatic heterocycles. The first-order valence-corrected chi connectivity index (χ1v) is 14.6. The summed E-state index contributed by atoms with van der Waals surface area (Å²) in [4.78, 5) is 28.0. The number of rotatable bonds is 11. The molecule has 10 nitrogen and oxygen atoms in total. The lowest BCUT2D eigenvalue weighted by Crippen LogP contribution is -2.43. The van der Waals surface area contributed by atoms with Gasteiger partial charge in [0.1, 0.15) is 18.2 Å². The Balaban J connectivity index is 1.30. The third kappa shape index (κ3) is 6.18. The fourth-order valence-corrected chi connectivity index (χ4v) is 6.28. The predicted octanol–water partition coefficient (Wildman–Crippen LogP) is 2.39. The Morgan fingerprint density at radius 1 is 1.20 bits per heavy atom. The minimum atomic E-state index is -3.76. The summed E-state index contributed by atoms with van der Waals surface area (Å²) >= 11 is 0. The molecule has 12 heteroatoms. The van der Waals surface area contributed by atoms with Crippen LogP contribution in [0, 0.1) is 17.7 Å². The summed E-state index contributed by atoms with van der Waals surface area (Å²) in [5.74, 6) is -2.53. The minimum Gasteiger partial charge on any atom is -0.492 e. The molecule has 2 aliphatic rings. The van der Waals surface area contributed by atoms with Crippen molar-refractivity contribution < 1.29 is 32.2 Å². The molecule has 2 aromatic carbocycles. The SMILES string of the molecule is Cn1cnc(S(=O)(=O)NCCOc2ccc3c(c2)C(Cc2ccccc2F)C(NC(=O)C2CC2C(=O)O)CC3)c1. The number of carbonyl (C=O) groups is 2. The topological polar surface area (TPSA) is 140 Å². The summed E-state index contributed by atoms with van der Waals surface area (Å²) in [5, 5.41) is 12.2. The number of fused-ring (bicyclic) bond motifs is 1. The molecular weight excluding hydrogens is 539 g/mol. The van der Waals surface area contributed by atoms with E-state index in [1.165, 1.54) is 18.6 Å². The van der Waals surface area contributed by atoms with E-state index >= 15 is 0 Å². The van der Waals surface area contributed by atoms with E-state index in [9.17, 15) is 27.5 Å². The lowest BCUT2D eigenvalue weighted by Gasteiger charge is -2.35. The molecule has 0 bridgehead atoms. The normalized spacial score (nSPS) is 21.9. The van der Waals surface area contributed by atoms with Crippen LogP contribution < -0.4 is 14.8 Å². The zero-order chi connectivity index (χ0) is 28.4. The van der Waals surface area contributed by atoms with Crippen molar-refractivity contribution in [3.05, 3.63) is 77.5 Å². The number of carbonyl (C=O) groups excluding carboxylic acids is 1. The number of hydrogen-bond acceptors (Lipinski definition) is 6. The molecule has 1 heterocycles. The highest BCUT2D eigenvalue weighted by molar-refractivity contribution is 7.89. The van der Waals surface area contributed by atoms with Crippen molar-refractivity contribution in [3.63, 3.8) is 0 Å². The highest BCUT2D eigenvalue weighted by atomic mass is 32.2. The molecule has 0 saturated heterocycles. The second-order valence-electron chi connectivity index (χ2n) is 10.3. The first-order valence-electron chi connectivity index (χ1n) is 13.1. The summed E-state index contributed by atoms with van der Waals surface area (Å²) in [6.45, 7) is 0.0979. The van der Waals surface area contributed by atoms with E-state index in [1.807, 2.05) is 18.2 Å². The predicted molar refractivity (Wildman–Crippen MR) is 143 cm³/mol. The van der Waals surface area contributed by atoms with Crippen LogP contribution in [0.3, 0.4) is 0 Å². The summed E-state index contributed by atoms with van der Waals surface area (Å²) in [5.41, 5.74) is 2.49. The third-order valence-electron chi connectivity index (χ3n) is 7.52. The zero-order valence-electron chi connectivity index (χ0n) is 21.9. The van der Waals surface area contributed by atoms with E-state index in [0.29, 0.717) is 37.0 Å². The Hall–Kier alpha value is -3.77. The fourth-order valence-electron chi connectivity index (χ4n) is 5.28. The molecule has 1 fully saturated rings. The monoisotopic (exact) mass is 570 g/mol. The highest BCUT2D eigenvalue weighted by Crippen LogP contribution is 2.41. The van der Waals surface area contributed by atoms with Gasteiger partial charge >= 0.3 is 5.97 Å². The van der Waals surface area contributed by atoms with E-state index in [0.717, 1.165) is 11.1 Å². The number of benzene rings is 2. The lowest BCUT2D eigenvalue weighted by molar-refractivity contribution is -0.140. The van der Waals surface area contributed by atoms with Gasteiger partial charge in [0.05, 0.1) is 18.2 Å². The van der Waals surface area contributed by atoms with Crippen molar-refractivity contribution in [2.45, 2.75) is 42.7 Å². The van der Waals surface area contributed by atoms with Crippen molar-refractivity contribution in [2.75, 3.05) is 13.2 Å². The number of sulfonamides is 1. The minimum absolute atomic E-state index is 0.0272. The summed E-state index contributed by atoms with van der Waals surface area (Å²) < 4.78 is 49.3. The molecule has 5 rings (SSSR count). The molecule has 40 heavy (non-hydrogen) atoms. The third-order valence-corrected chi connectivity index (χ3v) is 8.86. The van der Waals surface area contributed by atoms with Gasteiger partial charge in [0.15, 0.2) is 5.03 Å². The maximum atomic E-state index is 14.7. The number of carboxylic acids is 1. The van der Waals surface area contributed by atoms with E-state index < -0.39 is 27.8 Å². The summed E-state index contributed by atoms with van der Waals surface area (Å²) in [6.07, 6.45) is 4.79. The van der Waals surface area contributed by atoms with Gasteiger partial charge < -0.3 is 19.7 Å². The second kappa shape index (κ2) is 11.4. The molecular formula is C28H31FN4O6S. The van der Waals surface area contributed by atoms with Crippen LogP contribution in [0.1, 0.15) is 35.4 Å². The molecule has 1 aromatic heterocycles. The number of nitrogens with zero attached hydrogens (tertiary/aromatic N) is 2. The van der Waals surface area contributed by atoms with Crippen molar-refractivity contribution in [2.24, 2.45) is 18.9 Å². The number of nitrogens with one attached hydrogen (secondary N) is 2. The molecule has 3 aromatic rings. The molecule has 4 unspecified atom stereocenters. The number of aliphatic carboxylic acids is 1. The number of amides is 1. The number of aryl methyl sites for hydroxylation is 2. The Labute approximate surface area is 231 Å². The molecule has 4 atom stereocenters. The largest absolute Gasteiger partial charge is 0.492 e.